The Hall–Kier alpha value is -3.50. The molecule has 0 saturated heterocycles. The number of hydrogen-bond donors (Lipinski definition) is 3. The molecule has 1 heterocycles. The van der Waals surface area contributed by atoms with Gasteiger partial charge in [0.2, 0.25) is 6.33 Å². The lowest BCUT2D eigenvalue weighted by atomic mass is 10.2. The van der Waals surface area contributed by atoms with Crippen LogP contribution in [0.2, 0.25) is 0 Å². The van der Waals surface area contributed by atoms with Crippen LogP contribution in [0.5, 0.6) is 11.5 Å². The third kappa shape index (κ3) is 3.75. The molecule has 2 rings (SSSR count). The first-order valence-corrected chi connectivity index (χ1v) is 5.83. The van der Waals surface area contributed by atoms with Crippen molar-refractivity contribution in [1.82, 2.24) is 20.2 Å². The zero-order chi connectivity index (χ0) is 16.1. The Balaban J connectivity index is 1.91. The molecule has 11 nitrogen and oxygen atoms in total. The molecule has 0 spiro atoms. The van der Waals surface area contributed by atoms with Crippen LogP contribution in [-0.2, 0) is 11.3 Å². The predicted molar refractivity (Wildman–Crippen MR) is 72.2 cm³/mol. The van der Waals surface area contributed by atoms with Crippen molar-refractivity contribution in [2.75, 3.05) is 0 Å². The van der Waals surface area contributed by atoms with Crippen LogP contribution in [0.3, 0.4) is 0 Å². The molecule has 114 valence electrons. The number of carbonyl (C=O) groups excluding carboxylic acids is 1. The average Bonchev–Trinajstić information content (AvgIpc) is 2.90. The van der Waals surface area contributed by atoms with Crippen molar-refractivity contribution in [3.63, 3.8) is 0 Å². The van der Waals surface area contributed by atoms with Crippen LogP contribution in [0, 0.1) is 10.1 Å². The standard InChI is InChI=1S/C11H10N6O5/c18-8-2-1-7(9(19)3-8)4-13-14-10(20)5-16-6-12-11(15-16)17(21)22/h1-4,6,18-19H,5H2,(H,14,20)/b13-4-. The van der Waals surface area contributed by atoms with E-state index in [1.807, 2.05) is 0 Å². The van der Waals surface area contributed by atoms with E-state index in [9.17, 15) is 20.0 Å². The molecule has 0 aliphatic rings. The van der Waals surface area contributed by atoms with Crippen molar-refractivity contribution in [3.8, 4) is 11.5 Å². The number of phenolic OH excluding ortho intramolecular Hbond substituents is 2. The molecular formula is C11H10N6O5. The summed E-state index contributed by atoms with van der Waals surface area (Å²) < 4.78 is 0.987. The highest BCUT2D eigenvalue weighted by Gasteiger charge is 2.14. The summed E-state index contributed by atoms with van der Waals surface area (Å²) in [6, 6.07) is 3.87. The summed E-state index contributed by atoms with van der Waals surface area (Å²) in [6.07, 6.45) is 2.23. The van der Waals surface area contributed by atoms with Crippen molar-refractivity contribution in [3.05, 3.63) is 40.2 Å². The van der Waals surface area contributed by atoms with Crippen molar-refractivity contribution >= 4 is 18.1 Å². The summed E-state index contributed by atoms with van der Waals surface area (Å²) in [6.45, 7) is -0.306. The number of nitro groups is 1. The van der Waals surface area contributed by atoms with Crippen LogP contribution < -0.4 is 5.43 Å². The third-order valence-electron chi connectivity index (χ3n) is 2.40. The van der Waals surface area contributed by atoms with Crippen molar-refractivity contribution in [1.29, 1.82) is 0 Å². The van der Waals surface area contributed by atoms with E-state index in [1.165, 1.54) is 18.3 Å². The molecular weight excluding hydrogens is 296 g/mol. The lowest BCUT2D eigenvalue weighted by Crippen LogP contribution is -2.23. The maximum absolute atomic E-state index is 11.5. The highest BCUT2D eigenvalue weighted by atomic mass is 16.6. The number of hydrazone groups is 1. The van der Waals surface area contributed by atoms with Gasteiger partial charge in [0.1, 0.15) is 18.0 Å². The van der Waals surface area contributed by atoms with Crippen LogP contribution in [0.1, 0.15) is 5.56 Å². The van der Waals surface area contributed by atoms with E-state index in [-0.39, 0.29) is 23.6 Å². The van der Waals surface area contributed by atoms with Gasteiger partial charge in [-0.3, -0.25) is 4.79 Å². The fourth-order valence-corrected chi connectivity index (χ4v) is 1.44. The summed E-state index contributed by atoms with van der Waals surface area (Å²) in [5.41, 5.74) is 2.44. The molecule has 0 aliphatic carbocycles. The van der Waals surface area contributed by atoms with E-state index in [0.717, 1.165) is 17.1 Å². The minimum atomic E-state index is -0.778. The van der Waals surface area contributed by atoms with E-state index in [1.54, 1.807) is 0 Å². The zero-order valence-electron chi connectivity index (χ0n) is 10.9. The number of hydrogen-bond acceptors (Lipinski definition) is 8. The quantitative estimate of drug-likeness (QED) is 0.390. The number of benzene rings is 1. The maximum Gasteiger partial charge on any atom is 0.490 e. The average molecular weight is 306 g/mol. The minimum absolute atomic E-state index is 0.105. The van der Waals surface area contributed by atoms with Gasteiger partial charge >= 0.3 is 5.95 Å². The predicted octanol–water partition coefficient (Wildman–Crippen LogP) is -0.252. The van der Waals surface area contributed by atoms with Crippen LogP contribution in [0.25, 0.3) is 0 Å². The molecule has 2 aromatic rings. The summed E-state index contributed by atoms with van der Waals surface area (Å²) in [5, 5.41) is 36.1. The molecule has 22 heavy (non-hydrogen) atoms. The van der Waals surface area contributed by atoms with Gasteiger partial charge in [-0.25, -0.2) is 5.43 Å². The molecule has 0 radical (unpaired) electrons. The Morgan fingerprint density at radius 2 is 2.27 bits per heavy atom. The maximum atomic E-state index is 11.5. The van der Waals surface area contributed by atoms with Gasteiger partial charge in [0.05, 0.1) is 6.21 Å². The minimum Gasteiger partial charge on any atom is -0.508 e. The molecule has 11 heteroatoms. The van der Waals surface area contributed by atoms with Crippen LogP contribution >= 0.6 is 0 Å². The SMILES string of the molecule is O=C(Cn1cnc([N+](=O)[O-])n1)N/N=C\c1ccc(O)cc1O. The van der Waals surface area contributed by atoms with Gasteiger partial charge in [-0.1, -0.05) is 4.98 Å². The first kappa shape index (κ1) is 14.9. The number of amides is 1. The van der Waals surface area contributed by atoms with Crippen LogP contribution in [0.15, 0.2) is 29.6 Å². The number of phenols is 2. The molecule has 0 atom stereocenters. The van der Waals surface area contributed by atoms with Gasteiger partial charge in [0, 0.05) is 16.7 Å². The van der Waals surface area contributed by atoms with Crippen molar-refractivity contribution in [2.24, 2.45) is 5.10 Å². The molecule has 1 aromatic carbocycles. The van der Waals surface area contributed by atoms with E-state index in [0.29, 0.717) is 0 Å². The lowest BCUT2D eigenvalue weighted by Gasteiger charge is -2.00. The Labute approximate surface area is 122 Å². The van der Waals surface area contributed by atoms with E-state index >= 15 is 0 Å². The number of nitrogens with one attached hydrogen (secondary N) is 1. The Morgan fingerprint density at radius 3 is 2.91 bits per heavy atom. The van der Waals surface area contributed by atoms with E-state index in [4.69, 9.17) is 5.11 Å². The molecule has 0 unspecified atom stereocenters. The van der Waals surface area contributed by atoms with E-state index < -0.39 is 16.8 Å². The molecule has 1 amide bonds. The topological polar surface area (TPSA) is 156 Å². The first-order chi connectivity index (χ1) is 10.5. The normalized spacial score (nSPS) is 10.7. The number of rotatable bonds is 5. The molecule has 3 N–H and O–H groups in total. The smallest absolute Gasteiger partial charge is 0.490 e. The van der Waals surface area contributed by atoms with Crippen molar-refractivity contribution in [2.45, 2.75) is 6.54 Å². The molecule has 0 fully saturated rings. The monoisotopic (exact) mass is 306 g/mol. The third-order valence-corrected chi connectivity index (χ3v) is 2.40. The number of carbonyl (C=O) groups is 1. The Bertz CT molecular complexity index is 740. The Kier molecular flexibility index (Phi) is 4.27. The van der Waals surface area contributed by atoms with Crippen LogP contribution in [-0.4, -0.2) is 42.0 Å². The van der Waals surface area contributed by atoms with Gasteiger partial charge in [0.15, 0.2) is 0 Å². The summed E-state index contributed by atoms with van der Waals surface area (Å²) in [4.78, 5) is 24.5. The zero-order valence-corrected chi connectivity index (χ0v) is 10.9. The van der Waals surface area contributed by atoms with Crippen molar-refractivity contribution < 1.29 is 19.9 Å². The van der Waals surface area contributed by atoms with E-state index in [2.05, 4.69) is 20.6 Å². The summed E-state index contributed by atoms with van der Waals surface area (Å²) in [7, 11) is 0. The van der Waals surface area contributed by atoms with Gasteiger partial charge < -0.3 is 20.3 Å². The van der Waals surface area contributed by atoms with Gasteiger partial charge in [-0.15, -0.1) is 0 Å². The molecule has 0 bridgehead atoms. The fraction of sp³-hybridized carbons (Fsp3) is 0.0909. The summed E-state index contributed by atoms with van der Waals surface area (Å²) >= 11 is 0. The molecule has 0 aliphatic heterocycles. The largest absolute Gasteiger partial charge is 0.508 e. The highest BCUT2D eigenvalue weighted by molar-refractivity contribution is 5.85. The number of aromatic nitrogens is 3. The second kappa shape index (κ2) is 6.30. The second-order valence-corrected chi connectivity index (χ2v) is 4.04. The summed E-state index contributed by atoms with van der Waals surface area (Å²) in [5.74, 6) is -1.50. The Morgan fingerprint density at radius 1 is 1.50 bits per heavy atom. The fourth-order valence-electron chi connectivity index (χ4n) is 1.44. The first-order valence-electron chi connectivity index (χ1n) is 5.83. The van der Waals surface area contributed by atoms with Crippen LogP contribution in [0.4, 0.5) is 5.95 Å². The van der Waals surface area contributed by atoms with Gasteiger partial charge in [0.25, 0.3) is 5.91 Å². The number of nitrogens with zero attached hydrogens (tertiary/aromatic N) is 5. The number of aromatic hydroxyl groups is 2. The molecule has 1 aromatic heterocycles. The second-order valence-electron chi connectivity index (χ2n) is 4.04. The lowest BCUT2D eigenvalue weighted by molar-refractivity contribution is -0.394. The van der Waals surface area contributed by atoms with Gasteiger partial charge in [-0.05, 0) is 17.1 Å². The molecule has 0 saturated carbocycles. The van der Waals surface area contributed by atoms with Gasteiger partial charge in [-0.2, -0.15) is 9.78 Å². The highest BCUT2D eigenvalue weighted by Crippen LogP contribution is 2.20.